The molecule has 3 aromatic rings. The fraction of sp³-hybridized carbons (Fsp3) is 0.167. The number of rotatable bonds is 8. The van der Waals surface area contributed by atoms with Gasteiger partial charge in [0.25, 0.3) is 5.91 Å². The fourth-order valence-corrected chi connectivity index (χ4v) is 3.76. The highest BCUT2D eigenvalue weighted by Gasteiger charge is 2.13. The predicted octanol–water partition coefficient (Wildman–Crippen LogP) is 5.70. The predicted molar refractivity (Wildman–Crippen MR) is 124 cm³/mol. The van der Waals surface area contributed by atoms with Gasteiger partial charge in [-0.25, -0.2) is 0 Å². The van der Waals surface area contributed by atoms with Crippen LogP contribution in [0.15, 0.2) is 77.7 Å². The van der Waals surface area contributed by atoms with Crippen molar-refractivity contribution in [2.24, 2.45) is 0 Å². The summed E-state index contributed by atoms with van der Waals surface area (Å²) in [6, 6.07) is 22.6. The highest BCUT2D eigenvalue weighted by atomic mass is 35.5. The van der Waals surface area contributed by atoms with Gasteiger partial charge in [0.1, 0.15) is 0 Å². The molecule has 0 saturated heterocycles. The van der Waals surface area contributed by atoms with E-state index in [-0.39, 0.29) is 11.8 Å². The third kappa shape index (κ3) is 6.65. The molecule has 0 aliphatic rings. The lowest BCUT2D eigenvalue weighted by molar-refractivity contribution is -0.115. The standard InChI is InChI=1S/C24H23ClN2O2S/c1-17-6-8-18(9-7-17)16-26-24(29)21-4-2-3-5-22(21)27-23(28)14-15-30-20-12-10-19(25)11-13-20/h2-13H,14-16H2,1H3,(H,26,29)(H,27,28). The van der Waals surface area contributed by atoms with E-state index in [1.165, 1.54) is 5.56 Å². The van der Waals surface area contributed by atoms with E-state index in [4.69, 9.17) is 11.6 Å². The molecule has 0 radical (unpaired) electrons. The van der Waals surface area contributed by atoms with E-state index in [0.717, 1.165) is 10.5 Å². The first kappa shape index (κ1) is 21.9. The SMILES string of the molecule is Cc1ccc(CNC(=O)c2ccccc2NC(=O)CCSc2ccc(Cl)cc2)cc1. The molecule has 3 rings (SSSR count). The van der Waals surface area contributed by atoms with Crippen LogP contribution in [0.25, 0.3) is 0 Å². The third-order valence-corrected chi connectivity index (χ3v) is 5.70. The first-order valence-corrected chi connectivity index (χ1v) is 11.0. The van der Waals surface area contributed by atoms with Gasteiger partial charge in [0.05, 0.1) is 11.3 Å². The van der Waals surface area contributed by atoms with Crippen molar-refractivity contribution >= 4 is 40.9 Å². The van der Waals surface area contributed by atoms with Crippen LogP contribution in [0.2, 0.25) is 5.02 Å². The zero-order valence-corrected chi connectivity index (χ0v) is 18.2. The molecule has 154 valence electrons. The van der Waals surface area contributed by atoms with Crippen molar-refractivity contribution in [1.29, 1.82) is 0 Å². The van der Waals surface area contributed by atoms with Crippen LogP contribution in [0, 0.1) is 6.92 Å². The van der Waals surface area contributed by atoms with Gasteiger partial charge in [-0.3, -0.25) is 9.59 Å². The minimum absolute atomic E-state index is 0.129. The van der Waals surface area contributed by atoms with Crippen LogP contribution in [-0.2, 0) is 11.3 Å². The fourth-order valence-electron chi connectivity index (χ4n) is 2.78. The van der Waals surface area contributed by atoms with Crippen LogP contribution in [0.4, 0.5) is 5.69 Å². The number of para-hydroxylation sites is 1. The number of carbonyl (C=O) groups is 2. The number of nitrogens with one attached hydrogen (secondary N) is 2. The van der Waals surface area contributed by atoms with Crippen molar-refractivity contribution in [3.63, 3.8) is 0 Å². The molecule has 0 unspecified atom stereocenters. The Labute approximate surface area is 186 Å². The minimum atomic E-state index is -0.220. The maximum atomic E-state index is 12.6. The smallest absolute Gasteiger partial charge is 0.253 e. The maximum Gasteiger partial charge on any atom is 0.253 e. The lowest BCUT2D eigenvalue weighted by Gasteiger charge is -2.12. The van der Waals surface area contributed by atoms with E-state index < -0.39 is 0 Å². The molecule has 0 fully saturated rings. The summed E-state index contributed by atoms with van der Waals surface area (Å²) in [7, 11) is 0. The summed E-state index contributed by atoms with van der Waals surface area (Å²) in [4.78, 5) is 26.1. The molecule has 2 amide bonds. The molecular weight excluding hydrogens is 416 g/mol. The van der Waals surface area contributed by atoms with Gasteiger partial charge in [0.2, 0.25) is 5.91 Å². The zero-order chi connectivity index (χ0) is 21.3. The number of amides is 2. The van der Waals surface area contributed by atoms with E-state index in [9.17, 15) is 9.59 Å². The first-order chi connectivity index (χ1) is 14.5. The van der Waals surface area contributed by atoms with Crippen molar-refractivity contribution in [3.8, 4) is 0 Å². The Balaban J connectivity index is 1.53. The van der Waals surface area contributed by atoms with Crippen LogP contribution in [0.3, 0.4) is 0 Å². The van der Waals surface area contributed by atoms with Gasteiger partial charge >= 0.3 is 0 Å². The largest absolute Gasteiger partial charge is 0.348 e. The van der Waals surface area contributed by atoms with Crippen molar-refractivity contribution in [1.82, 2.24) is 5.32 Å². The molecule has 2 N–H and O–H groups in total. The minimum Gasteiger partial charge on any atom is -0.348 e. The van der Waals surface area contributed by atoms with Gasteiger partial charge in [-0.05, 0) is 48.9 Å². The molecule has 0 aliphatic carbocycles. The Kier molecular flexibility index (Phi) is 7.94. The van der Waals surface area contributed by atoms with Crippen LogP contribution >= 0.6 is 23.4 Å². The molecule has 0 heterocycles. The van der Waals surface area contributed by atoms with Crippen LogP contribution in [-0.4, -0.2) is 17.6 Å². The summed E-state index contributed by atoms with van der Waals surface area (Å²) in [5.74, 6) is 0.284. The van der Waals surface area contributed by atoms with Crippen molar-refractivity contribution in [3.05, 3.63) is 94.5 Å². The summed E-state index contributed by atoms with van der Waals surface area (Å²) in [6.07, 6.45) is 0.340. The molecule has 30 heavy (non-hydrogen) atoms. The average molecular weight is 439 g/mol. The highest BCUT2D eigenvalue weighted by Crippen LogP contribution is 2.21. The molecule has 0 spiro atoms. The summed E-state index contributed by atoms with van der Waals surface area (Å²) in [6.45, 7) is 2.45. The van der Waals surface area contributed by atoms with Gasteiger partial charge in [-0.1, -0.05) is 53.6 Å². The molecule has 0 aliphatic heterocycles. The monoisotopic (exact) mass is 438 g/mol. The zero-order valence-electron chi connectivity index (χ0n) is 16.7. The Bertz CT molecular complexity index is 1000. The van der Waals surface area contributed by atoms with Crippen molar-refractivity contribution < 1.29 is 9.59 Å². The third-order valence-electron chi connectivity index (χ3n) is 4.43. The average Bonchev–Trinajstić information content (AvgIpc) is 2.75. The Hall–Kier alpha value is -2.76. The normalized spacial score (nSPS) is 10.5. The van der Waals surface area contributed by atoms with Gasteiger partial charge in [-0.15, -0.1) is 11.8 Å². The number of carbonyl (C=O) groups excluding carboxylic acids is 2. The van der Waals surface area contributed by atoms with Gasteiger partial charge in [0.15, 0.2) is 0 Å². The number of anilines is 1. The lowest BCUT2D eigenvalue weighted by Crippen LogP contribution is -2.25. The Morgan fingerprint density at radius 1 is 0.933 bits per heavy atom. The number of halogens is 1. The van der Waals surface area contributed by atoms with E-state index in [1.54, 1.807) is 36.0 Å². The number of hydrogen-bond acceptors (Lipinski definition) is 3. The molecule has 0 atom stereocenters. The van der Waals surface area contributed by atoms with Crippen LogP contribution in [0.1, 0.15) is 27.9 Å². The number of benzene rings is 3. The summed E-state index contributed by atoms with van der Waals surface area (Å²) < 4.78 is 0. The van der Waals surface area contributed by atoms with Crippen LogP contribution in [0.5, 0.6) is 0 Å². The molecule has 0 saturated carbocycles. The van der Waals surface area contributed by atoms with Crippen molar-refractivity contribution in [2.45, 2.75) is 24.8 Å². The van der Waals surface area contributed by atoms with E-state index in [1.807, 2.05) is 55.5 Å². The molecule has 6 heteroatoms. The summed E-state index contributed by atoms with van der Waals surface area (Å²) in [5.41, 5.74) is 3.16. The highest BCUT2D eigenvalue weighted by molar-refractivity contribution is 7.99. The molecule has 4 nitrogen and oxygen atoms in total. The van der Waals surface area contributed by atoms with Gasteiger partial charge in [0, 0.05) is 28.6 Å². The second kappa shape index (κ2) is 10.9. The number of hydrogen-bond donors (Lipinski definition) is 2. The maximum absolute atomic E-state index is 12.6. The number of thioether (sulfide) groups is 1. The molecule has 0 bridgehead atoms. The van der Waals surface area contributed by atoms with Gasteiger partial charge in [-0.2, -0.15) is 0 Å². The summed E-state index contributed by atoms with van der Waals surface area (Å²) in [5, 5.41) is 6.46. The Morgan fingerprint density at radius 3 is 2.37 bits per heavy atom. The second-order valence-electron chi connectivity index (χ2n) is 6.81. The number of aryl methyl sites for hydroxylation is 1. The van der Waals surface area contributed by atoms with Crippen molar-refractivity contribution in [2.75, 3.05) is 11.1 Å². The first-order valence-electron chi connectivity index (χ1n) is 9.62. The van der Waals surface area contributed by atoms with Gasteiger partial charge < -0.3 is 10.6 Å². The van der Waals surface area contributed by atoms with E-state index in [2.05, 4.69) is 10.6 Å². The summed E-state index contributed by atoms with van der Waals surface area (Å²) >= 11 is 7.47. The van der Waals surface area contributed by atoms with Crippen LogP contribution < -0.4 is 10.6 Å². The quantitative estimate of drug-likeness (QED) is 0.443. The molecule has 0 aromatic heterocycles. The molecular formula is C24H23ClN2O2S. The Morgan fingerprint density at radius 2 is 1.63 bits per heavy atom. The molecule has 3 aromatic carbocycles. The lowest BCUT2D eigenvalue weighted by atomic mass is 10.1. The van der Waals surface area contributed by atoms with E-state index >= 15 is 0 Å². The second-order valence-corrected chi connectivity index (χ2v) is 8.42. The topological polar surface area (TPSA) is 58.2 Å². The van der Waals surface area contributed by atoms with E-state index in [0.29, 0.717) is 35.0 Å².